The van der Waals surface area contributed by atoms with Gasteiger partial charge in [0.15, 0.2) is 5.78 Å². The highest BCUT2D eigenvalue weighted by molar-refractivity contribution is 6.65. The van der Waals surface area contributed by atoms with E-state index >= 15 is 0 Å². The molecule has 0 spiro atoms. The van der Waals surface area contributed by atoms with Gasteiger partial charge in [-0.05, 0) is 18.4 Å². The van der Waals surface area contributed by atoms with Crippen LogP contribution in [-0.2, 0) is 10.3 Å². The molecule has 7 heteroatoms. The van der Waals surface area contributed by atoms with Crippen LogP contribution in [0, 0.1) is 0 Å². The molecule has 1 saturated carbocycles. The standard InChI is InChI=1S/C12H18B4ClNO/c13-7-6(11(17)10(16)9(15)8(7)14)12(18)4-2-1-3-5(12)19/h1-4,13-16,18H2. The van der Waals surface area contributed by atoms with Crippen LogP contribution in [0.1, 0.15) is 31.2 Å². The van der Waals surface area contributed by atoms with E-state index < -0.39 is 5.54 Å². The SMILES string of the molecule is Bc1c(B)c(B)c(C2(N)CCCCC2=O)c(Cl)c1B. The first-order chi connectivity index (χ1) is 8.80. The zero-order chi connectivity index (χ0) is 14.4. The summed E-state index contributed by atoms with van der Waals surface area (Å²) in [6.45, 7) is 0. The number of rotatable bonds is 1. The summed E-state index contributed by atoms with van der Waals surface area (Å²) in [6, 6.07) is 0. The Labute approximate surface area is 123 Å². The van der Waals surface area contributed by atoms with Crippen molar-refractivity contribution in [2.45, 2.75) is 31.2 Å². The molecule has 1 aromatic carbocycles. The number of Topliss-reactive ketones (excluding diaryl/α,β-unsaturated/α-hetero) is 1. The van der Waals surface area contributed by atoms with Gasteiger partial charge in [0, 0.05) is 11.4 Å². The van der Waals surface area contributed by atoms with Gasteiger partial charge in [0.2, 0.25) is 0 Å². The average molecular weight is 271 g/mol. The predicted octanol–water partition coefficient (Wildman–Crippen LogP) is -4.33. The number of carbonyl (C=O) groups is 1. The van der Waals surface area contributed by atoms with E-state index in [4.69, 9.17) is 17.3 Å². The van der Waals surface area contributed by atoms with Gasteiger partial charge < -0.3 is 5.73 Å². The lowest BCUT2D eigenvalue weighted by Crippen LogP contribution is -2.57. The number of hydrogen-bond donors (Lipinski definition) is 1. The monoisotopic (exact) mass is 271 g/mol. The summed E-state index contributed by atoms with van der Waals surface area (Å²) in [5.41, 5.74) is 11.0. The van der Waals surface area contributed by atoms with E-state index in [2.05, 4.69) is 15.7 Å². The van der Waals surface area contributed by atoms with Gasteiger partial charge in [-0.1, -0.05) is 28.9 Å². The van der Waals surface area contributed by atoms with E-state index in [0.717, 1.165) is 29.3 Å². The van der Waals surface area contributed by atoms with E-state index in [1.807, 2.05) is 15.7 Å². The van der Waals surface area contributed by atoms with Gasteiger partial charge in [0.1, 0.15) is 36.9 Å². The molecular weight excluding hydrogens is 253 g/mol. The summed E-state index contributed by atoms with van der Waals surface area (Å²) in [5, 5.41) is 0.679. The van der Waals surface area contributed by atoms with Crippen LogP contribution in [0.5, 0.6) is 0 Å². The van der Waals surface area contributed by atoms with Crippen LogP contribution in [0.3, 0.4) is 0 Å². The molecule has 1 unspecified atom stereocenters. The number of carbonyl (C=O) groups excluding carboxylic acids is 1. The molecule has 0 aromatic heterocycles. The van der Waals surface area contributed by atoms with Crippen LogP contribution < -0.4 is 27.6 Å². The van der Waals surface area contributed by atoms with Gasteiger partial charge in [0.05, 0.1) is 0 Å². The Balaban J connectivity index is 2.72. The van der Waals surface area contributed by atoms with Crippen molar-refractivity contribution >= 4 is 70.6 Å². The van der Waals surface area contributed by atoms with E-state index in [1.165, 1.54) is 10.9 Å². The molecule has 0 radical (unpaired) electrons. The van der Waals surface area contributed by atoms with Crippen molar-refractivity contribution in [1.82, 2.24) is 0 Å². The Morgan fingerprint density at radius 3 is 2.16 bits per heavy atom. The molecule has 2 nitrogen and oxygen atoms in total. The molecule has 1 aliphatic carbocycles. The Bertz CT molecular complexity index is 534. The van der Waals surface area contributed by atoms with Crippen LogP contribution in [0.25, 0.3) is 0 Å². The lowest BCUT2D eigenvalue weighted by atomic mass is 9.61. The zero-order valence-corrected chi connectivity index (χ0v) is 12.9. The first-order valence-electron chi connectivity index (χ1n) is 6.89. The number of halogens is 1. The Kier molecular flexibility index (Phi) is 3.94. The van der Waals surface area contributed by atoms with Crippen LogP contribution in [-0.4, -0.2) is 37.2 Å². The zero-order valence-electron chi connectivity index (χ0n) is 12.2. The summed E-state index contributed by atoms with van der Waals surface area (Å²) < 4.78 is 0. The van der Waals surface area contributed by atoms with Crippen LogP contribution in [0.15, 0.2) is 0 Å². The van der Waals surface area contributed by atoms with Crippen molar-refractivity contribution < 1.29 is 4.79 Å². The van der Waals surface area contributed by atoms with Crippen molar-refractivity contribution in [3.05, 3.63) is 10.6 Å². The second-order valence-electron chi connectivity index (χ2n) is 5.79. The number of nitrogens with two attached hydrogens (primary N) is 1. The number of ketones is 1. The minimum absolute atomic E-state index is 0.131. The quantitative estimate of drug-likeness (QED) is 0.525. The molecule has 2 N–H and O–H groups in total. The van der Waals surface area contributed by atoms with Gasteiger partial charge in [-0.25, -0.2) is 0 Å². The maximum Gasteiger partial charge on any atom is 0.157 e. The molecule has 1 aliphatic rings. The summed E-state index contributed by atoms with van der Waals surface area (Å²) in [6.07, 6.45) is 3.20. The smallest absolute Gasteiger partial charge is 0.157 e. The van der Waals surface area contributed by atoms with Gasteiger partial charge in [-0.15, -0.1) is 10.9 Å². The molecule has 0 heterocycles. The Hall–Kier alpha value is -0.600. The minimum atomic E-state index is -0.886. The number of benzene rings is 1. The first kappa shape index (κ1) is 14.8. The molecular formula is C12H18B4ClNO. The van der Waals surface area contributed by atoms with Gasteiger partial charge in [0.25, 0.3) is 0 Å². The summed E-state index contributed by atoms with van der Waals surface area (Å²) >= 11 is 6.53. The van der Waals surface area contributed by atoms with Gasteiger partial charge in [-0.2, -0.15) is 0 Å². The van der Waals surface area contributed by atoms with Crippen LogP contribution in [0.2, 0.25) is 5.02 Å². The minimum Gasteiger partial charge on any atom is -0.315 e. The topological polar surface area (TPSA) is 43.1 Å². The van der Waals surface area contributed by atoms with Crippen molar-refractivity contribution in [3.8, 4) is 0 Å². The number of hydrogen-bond acceptors (Lipinski definition) is 2. The fourth-order valence-electron chi connectivity index (χ4n) is 3.11. The molecule has 1 atom stereocenters. The molecule has 0 bridgehead atoms. The van der Waals surface area contributed by atoms with Crippen LogP contribution in [0.4, 0.5) is 0 Å². The maximum absolute atomic E-state index is 12.3. The maximum atomic E-state index is 12.3. The van der Waals surface area contributed by atoms with E-state index in [1.54, 1.807) is 0 Å². The Morgan fingerprint density at radius 1 is 1.00 bits per heavy atom. The van der Waals surface area contributed by atoms with Crippen molar-refractivity contribution in [2.24, 2.45) is 5.73 Å². The molecule has 0 aliphatic heterocycles. The fraction of sp³-hybridized carbons (Fsp3) is 0.417. The second kappa shape index (κ2) is 5.06. The second-order valence-corrected chi connectivity index (χ2v) is 6.17. The summed E-state index contributed by atoms with van der Waals surface area (Å²) in [7, 11) is 8.18. The summed E-state index contributed by atoms with van der Waals surface area (Å²) in [4.78, 5) is 12.3. The van der Waals surface area contributed by atoms with Gasteiger partial charge in [-0.3, -0.25) is 4.79 Å². The third-order valence-electron chi connectivity index (χ3n) is 4.78. The van der Waals surface area contributed by atoms with E-state index in [0.29, 0.717) is 17.9 Å². The lowest BCUT2D eigenvalue weighted by molar-refractivity contribution is -0.126. The van der Waals surface area contributed by atoms with Crippen molar-refractivity contribution in [3.63, 3.8) is 0 Å². The highest BCUT2D eigenvalue weighted by atomic mass is 35.5. The normalized spacial score (nSPS) is 23.6. The first-order valence-corrected chi connectivity index (χ1v) is 7.27. The van der Waals surface area contributed by atoms with E-state index in [9.17, 15) is 4.79 Å². The molecule has 1 aromatic rings. The third-order valence-corrected chi connectivity index (χ3v) is 5.25. The third kappa shape index (κ3) is 2.19. The fourth-order valence-corrected chi connectivity index (χ4v) is 3.57. The van der Waals surface area contributed by atoms with Crippen molar-refractivity contribution in [1.29, 1.82) is 0 Å². The molecule has 0 saturated heterocycles. The highest BCUT2D eigenvalue weighted by Gasteiger charge is 2.40. The molecule has 19 heavy (non-hydrogen) atoms. The van der Waals surface area contributed by atoms with E-state index in [-0.39, 0.29) is 5.78 Å². The summed E-state index contributed by atoms with van der Waals surface area (Å²) in [5.74, 6) is 0.131. The molecule has 0 amide bonds. The molecule has 96 valence electrons. The predicted molar refractivity (Wildman–Crippen MR) is 93.5 cm³/mol. The largest absolute Gasteiger partial charge is 0.315 e. The van der Waals surface area contributed by atoms with Crippen molar-refractivity contribution in [2.75, 3.05) is 0 Å². The average Bonchev–Trinajstić information content (AvgIpc) is 2.38. The molecule has 2 rings (SSSR count). The molecule has 1 fully saturated rings. The Morgan fingerprint density at radius 2 is 1.58 bits per heavy atom. The highest BCUT2D eigenvalue weighted by Crippen LogP contribution is 2.33. The van der Waals surface area contributed by atoms with Crippen LogP contribution >= 0.6 is 11.6 Å². The van der Waals surface area contributed by atoms with Gasteiger partial charge >= 0.3 is 0 Å². The lowest BCUT2D eigenvalue weighted by Gasteiger charge is -2.36.